The van der Waals surface area contributed by atoms with E-state index in [-0.39, 0.29) is 47.9 Å². The number of rotatable bonds is 2. The van der Waals surface area contributed by atoms with Crippen LogP contribution in [0, 0.1) is 11.2 Å². The van der Waals surface area contributed by atoms with E-state index in [0.717, 1.165) is 0 Å². The number of benzene rings is 2. The number of hydrogen-bond donors (Lipinski definition) is 2. The number of amides is 3. The van der Waals surface area contributed by atoms with E-state index >= 15 is 0 Å². The van der Waals surface area contributed by atoms with E-state index in [1.165, 1.54) is 11.0 Å². The summed E-state index contributed by atoms with van der Waals surface area (Å²) in [4.78, 5) is 42.3. The molecule has 0 spiro atoms. The Balaban J connectivity index is 1.63. The molecule has 33 heavy (non-hydrogen) atoms. The molecule has 1 fully saturated rings. The van der Waals surface area contributed by atoms with Gasteiger partial charge in [-0.1, -0.05) is 38.4 Å². The third kappa shape index (κ3) is 4.32. The van der Waals surface area contributed by atoms with Crippen LogP contribution in [0.1, 0.15) is 31.1 Å². The average Bonchev–Trinajstić information content (AvgIpc) is 2.86. The monoisotopic (exact) mass is 472 g/mol. The van der Waals surface area contributed by atoms with E-state index in [9.17, 15) is 18.8 Å². The minimum Gasteiger partial charge on any atom is -0.337 e. The third-order valence-electron chi connectivity index (χ3n) is 6.20. The average molecular weight is 473 g/mol. The summed E-state index contributed by atoms with van der Waals surface area (Å²) in [6.07, 6.45) is 0. The smallest absolute Gasteiger partial charge is 0.256 e. The fraction of sp³-hybridized carbons (Fsp3) is 0.375. The summed E-state index contributed by atoms with van der Waals surface area (Å²) in [6, 6.07) is 7.56. The first-order chi connectivity index (χ1) is 15.5. The number of carbonyl (C=O) groups excluding carboxylic acids is 3. The maximum atomic E-state index is 14.4. The summed E-state index contributed by atoms with van der Waals surface area (Å²) >= 11 is 5.85. The van der Waals surface area contributed by atoms with Gasteiger partial charge in [-0.15, -0.1) is 0 Å². The highest BCUT2D eigenvalue weighted by atomic mass is 35.5. The Bertz CT molecular complexity index is 1150. The number of nitrogens with zero attached hydrogens (tertiary/aromatic N) is 2. The van der Waals surface area contributed by atoms with Crippen molar-refractivity contribution in [2.45, 2.75) is 32.9 Å². The second-order valence-corrected chi connectivity index (χ2v) is 9.95. The summed E-state index contributed by atoms with van der Waals surface area (Å²) < 4.78 is 14.4. The van der Waals surface area contributed by atoms with Gasteiger partial charge in [0, 0.05) is 23.7 Å². The lowest BCUT2D eigenvalue weighted by molar-refractivity contribution is -0.139. The van der Waals surface area contributed by atoms with Crippen molar-refractivity contribution in [2.75, 3.05) is 25.0 Å². The van der Waals surface area contributed by atoms with Gasteiger partial charge in [-0.2, -0.15) is 0 Å². The highest BCUT2D eigenvalue weighted by molar-refractivity contribution is 6.30. The molecule has 2 aromatic carbocycles. The van der Waals surface area contributed by atoms with Gasteiger partial charge in [-0.3, -0.25) is 14.4 Å². The Kier molecular flexibility index (Phi) is 5.92. The standard InChI is InChI=1S/C24H26ClFN4O3/c1-24(2,3)20(27)23(33)29-8-9-30-19(12-29)21(31)28-18-7-4-13(10-16(18)22(30)32)15-6-5-14(25)11-17(15)26/h4-7,10-11,19-20H,8-9,12,27H2,1-3H3,(H,28,31)/t19?,20-/m1/s1. The lowest BCUT2D eigenvalue weighted by Gasteiger charge is -2.41. The number of halogens is 2. The molecule has 1 unspecified atom stereocenters. The van der Waals surface area contributed by atoms with Crippen LogP contribution in [0.3, 0.4) is 0 Å². The topological polar surface area (TPSA) is 95.7 Å². The summed E-state index contributed by atoms with van der Waals surface area (Å²) in [5.74, 6) is -1.48. The van der Waals surface area contributed by atoms with Crippen molar-refractivity contribution < 1.29 is 18.8 Å². The van der Waals surface area contributed by atoms with Crippen LogP contribution in [0.5, 0.6) is 0 Å². The molecule has 7 nitrogen and oxygen atoms in total. The molecular formula is C24H26ClFN4O3. The fourth-order valence-corrected chi connectivity index (χ4v) is 4.27. The number of hydrogen-bond acceptors (Lipinski definition) is 4. The molecule has 0 aliphatic carbocycles. The van der Waals surface area contributed by atoms with E-state index in [4.69, 9.17) is 17.3 Å². The Hall–Kier alpha value is -2.97. The Morgan fingerprint density at radius 1 is 1.15 bits per heavy atom. The van der Waals surface area contributed by atoms with E-state index in [1.807, 2.05) is 20.8 Å². The van der Waals surface area contributed by atoms with Crippen molar-refractivity contribution in [2.24, 2.45) is 11.1 Å². The molecule has 3 N–H and O–H groups in total. The molecule has 9 heteroatoms. The molecule has 4 rings (SSSR count). The molecule has 0 saturated carbocycles. The molecule has 2 aliphatic rings. The van der Waals surface area contributed by atoms with Crippen molar-refractivity contribution in [3.8, 4) is 11.1 Å². The molecule has 2 heterocycles. The SMILES string of the molecule is CC(C)(C)[C@H](N)C(=O)N1CCN2C(=O)c3cc(-c4ccc(Cl)cc4F)ccc3NC(=O)C2C1. The van der Waals surface area contributed by atoms with Crippen molar-refractivity contribution in [1.29, 1.82) is 0 Å². The van der Waals surface area contributed by atoms with Crippen LogP contribution in [-0.4, -0.2) is 59.2 Å². The molecule has 0 bridgehead atoms. The van der Waals surface area contributed by atoms with E-state index in [1.54, 1.807) is 35.2 Å². The molecule has 0 radical (unpaired) electrons. The van der Waals surface area contributed by atoms with Crippen LogP contribution in [-0.2, 0) is 9.59 Å². The second-order valence-electron chi connectivity index (χ2n) is 9.52. The first kappa shape index (κ1) is 23.2. The number of carbonyl (C=O) groups is 3. The number of piperazine rings is 1. The molecule has 1 saturated heterocycles. The second kappa shape index (κ2) is 8.43. The van der Waals surface area contributed by atoms with E-state index in [2.05, 4.69) is 5.32 Å². The maximum Gasteiger partial charge on any atom is 0.256 e. The fourth-order valence-electron chi connectivity index (χ4n) is 4.11. The minimum absolute atomic E-state index is 0.0623. The molecule has 2 aromatic rings. The zero-order chi connectivity index (χ0) is 24.1. The van der Waals surface area contributed by atoms with Crippen LogP contribution < -0.4 is 11.1 Å². The predicted molar refractivity (Wildman–Crippen MR) is 124 cm³/mol. The molecular weight excluding hydrogens is 447 g/mol. The molecule has 0 aromatic heterocycles. The number of nitrogens with one attached hydrogen (secondary N) is 1. The number of fused-ring (bicyclic) bond motifs is 2. The highest BCUT2D eigenvalue weighted by Crippen LogP contribution is 2.32. The summed E-state index contributed by atoms with van der Waals surface area (Å²) in [5, 5.41) is 3.06. The van der Waals surface area contributed by atoms with Crippen molar-refractivity contribution in [3.63, 3.8) is 0 Å². The van der Waals surface area contributed by atoms with E-state index in [0.29, 0.717) is 16.8 Å². The van der Waals surface area contributed by atoms with Crippen LogP contribution in [0.15, 0.2) is 36.4 Å². The minimum atomic E-state index is -0.842. The first-order valence-corrected chi connectivity index (χ1v) is 11.1. The largest absolute Gasteiger partial charge is 0.337 e. The normalized spacial score (nSPS) is 19.4. The van der Waals surface area contributed by atoms with Gasteiger partial charge in [0.2, 0.25) is 11.8 Å². The molecule has 174 valence electrons. The van der Waals surface area contributed by atoms with Gasteiger partial charge >= 0.3 is 0 Å². The number of nitrogens with two attached hydrogens (primary N) is 1. The Morgan fingerprint density at radius 3 is 2.55 bits per heavy atom. The van der Waals surface area contributed by atoms with E-state index < -0.39 is 23.3 Å². The number of anilines is 1. The quantitative estimate of drug-likeness (QED) is 0.702. The first-order valence-electron chi connectivity index (χ1n) is 10.7. The molecule has 2 atom stereocenters. The maximum absolute atomic E-state index is 14.4. The van der Waals surface area contributed by atoms with Gasteiger partial charge in [0.15, 0.2) is 0 Å². The zero-order valence-corrected chi connectivity index (χ0v) is 19.4. The summed E-state index contributed by atoms with van der Waals surface area (Å²) in [7, 11) is 0. The lowest BCUT2D eigenvalue weighted by atomic mass is 9.86. The zero-order valence-electron chi connectivity index (χ0n) is 18.7. The molecule has 2 aliphatic heterocycles. The van der Waals surface area contributed by atoms with Crippen molar-refractivity contribution >= 4 is 35.0 Å². The van der Waals surface area contributed by atoms with Crippen molar-refractivity contribution in [1.82, 2.24) is 9.80 Å². The molecule has 3 amide bonds. The van der Waals surface area contributed by atoms with Crippen LogP contribution in [0.25, 0.3) is 11.1 Å². The predicted octanol–water partition coefficient (Wildman–Crippen LogP) is 3.12. The lowest BCUT2D eigenvalue weighted by Crippen LogP contribution is -2.62. The van der Waals surface area contributed by atoms with Crippen LogP contribution in [0.2, 0.25) is 5.02 Å². The van der Waals surface area contributed by atoms with Gasteiger partial charge in [-0.05, 0) is 41.3 Å². The van der Waals surface area contributed by atoms with Gasteiger partial charge in [0.25, 0.3) is 5.91 Å². The summed E-state index contributed by atoms with van der Waals surface area (Å²) in [6.45, 7) is 6.17. The Labute approximate surface area is 196 Å². The van der Waals surface area contributed by atoms with Gasteiger partial charge < -0.3 is 20.9 Å². The Morgan fingerprint density at radius 2 is 1.88 bits per heavy atom. The van der Waals surface area contributed by atoms with Gasteiger partial charge in [-0.25, -0.2) is 4.39 Å². The summed E-state index contributed by atoms with van der Waals surface area (Å²) in [5.41, 5.74) is 7.12. The van der Waals surface area contributed by atoms with Crippen molar-refractivity contribution in [3.05, 3.63) is 52.8 Å². The van der Waals surface area contributed by atoms with Crippen LogP contribution >= 0.6 is 11.6 Å². The van der Waals surface area contributed by atoms with Gasteiger partial charge in [0.05, 0.1) is 23.8 Å². The highest BCUT2D eigenvalue weighted by Gasteiger charge is 2.42. The van der Waals surface area contributed by atoms with Gasteiger partial charge in [0.1, 0.15) is 11.9 Å². The third-order valence-corrected chi connectivity index (χ3v) is 6.44. The van der Waals surface area contributed by atoms with Crippen LogP contribution in [0.4, 0.5) is 10.1 Å².